The molecule has 0 unspecified atom stereocenters. The van der Waals surface area contributed by atoms with Crippen molar-refractivity contribution < 1.29 is 13.2 Å². The molecule has 0 amide bonds. The van der Waals surface area contributed by atoms with Gasteiger partial charge in [-0.1, -0.05) is 49.6 Å². The van der Waals surface area contributed by atoms with E-state index in [2.05, 4.69) is 6.92 Å². The van der Waals surface area contributed by atoms with Crippen LogP contribution < -0.4 is 4.74 Å². The van der Waals surface area contributed by atoms with E-state index in [1.54, 1.807) is 36.4 Å². The average molecular weight is 369 g/mol. The van der Waals surface area contributed by atoms with Crippen molar-refractivity contribution in [1.29, 1.82) is 5.26 Å². The van der Waals surface area contributed by atoms with Gasteiger partial charge in [-0.15, -0.1) is 0 Å². The van der Waals surface area contributed by atoms with E-state index in [9.17, 15) is 13.7 Å². The summed E-state index contributed by atoms with van der Waals surface area (Å²) in [5.41, 5.74) is 1.60. The zero-order valence-corrected chi connectivity index (χ0v) is 15.9. The van der Waals surface area contributed by atoms with Crippen LogP contribution in [0.4, 0.5) is 0 Å². The number of aryl methyl sites for hydroxylation is 1. The van der Waals surface area contributed by atoms with Crippen molar-refractivity contribution in [3.05, 3.63) is 64.6 Å². The van der Waals surface area contributed by atoms with Gasteiger partial charge in [0.2, 0.25) is 9.84 Å². The fourth-order valence-corrected chi connectivity index (χ4v) is 3.53. The summed E-state index contributed by atoms with van der Waals surface area (Å²) in [4.78, 5) is -0.162. The van der Waals surface area contributed by atoms with E-state index in [0.717, 1.165) is 30.6 Å². The van der Waals surface area contributed by atoms with Crippen LogP contribution in [0.1, 0.15) is 37.3 Å². The Labute approximate surface area is 155 Å². The van der Waals surface area contributed by atoms with Crippen LogP contribution in [-0.4, -0.2) is 15.0 Å². The molecule has 0 aliphatic carbocycles. The van der Waals surface area contributed by atoms with Gasteiger partial charge in [0.25, 0.3) is 0 Å². The van der Waals surface area contributed by atoms with Gasteiger partial charge in [-0.2, -0.15) is 5.26 Å². The summed E-state index contributed by atoms with van der Waals surface area (Å²) in [6.07, 6.45) is 4.66. The first-order chi connectivity index (χ1) is 12.5. The van der Waals surface area contributed by atoms with Crippen LogP contribution in [0.2, 0.25) is 0 Å². The van der Waals surface area contributed by atoms with Gasteiger partial charge in [-0.05, 0) is 49.2 Å². The maximum atomic E-state index is 12.6. The predicted octanol–water partition coefficient (Wildman–Crippen LogP) is 4.90. The molecule has 0 aliphatic rings. The quantitative estimate of drug-likeness (QED) is 0.490. The second-order valence-corrected chi connectivity index (χ2v) is 7.98. The van der Waals surface area contributed by atoms with Crippen LogP contribution in [-0.2, 0) is 9.84 Å². The number of nitrogens with zero attached hydrogens (tertiary/aromatic N) is 1. The Hall–Kier alpha value is -2.58. The zero-order chi connectivity index (χ0) is 19.0. The monoisotopic (exact) mass is 369 g/mol. The molecule has 2 aromatic carbocycles. The maximum absolute atomic E-state index is 12.6. The standard InChI is InChI=1S/C21H23NO3S/c1-3-4-5-14-25-19-10-8-18(9-11-19)15-21(16-22)26(23,24)20-12-6-17(2)7-13-20/h6-13,15H,3-5,14H2,1-2H3/b21-15+. The summed E-state index contributed by atoms with van der Waals surface area (Å²) in [5.74, 6) is 0.734. The number of nitriles is 1. The van der Waals surface area contributed by atoms with Crippen molar-refractivity contribution in [2.75, 3.05) is 6.61 Å². The normalized spacial score (nSPS) is 11.8. The van der Waals surface area contributed by atoms with Gasteiger partial charge in [-0.25, -0.2) is 8.42 Å². The van der Waals surface area contributed by atoms with Crippen molar-refractivity contribution in [2.24, 2.45) is 0 Å². The highest BCUT2D eigenvalue weighted by atomic mass is 32.2. The molecule has 5 heteroatoms. The van der Waals surface area contributed by atoms with Crippen molar-refractivity contribution >= 4 is 15.9 Å². The van der Waals surface area contributed by atoms with Crippen LogP contribution in [0.15, 0.2) is 58.3 Å². The number of hydrogen-bond donors (Lipinski definition) is 0. The predicted molar refractivity (Wildman–Crippen MR) is 103 cm³/mol. The summed E-state index contributed by atoms with van der Waals surface area (Å²) >= 11 is 0. The second kappa shape index (κ2) is 9.21. The summed E-state index contributed by atoms with van der Waals surface area (Å²) in [6, 6.07) is 15.3. The molecule has 0 atom stereocenters. The van der Waals surface area contributed by atoms with Gasteiger partial charge in [0.1, 0.15) is 16.7 Å². The number of hydrogen-bond acceptors (Lipinski definition) is 4. The lowest BCUT2D eigenvalue weighted by Crippen LogP contribution is -2.03. The Morgan fingerprint density at radius 3 is 2.31 bits per heavy atom. The van der Waals surface area contributed by atoms with Crippen molar-refractivity contribution in [3.8, 4) is 11.8 Å². The van der Waals surface area contributed by atoms with E-state index in [4.69, 9.17) is 4.74 Å². The van der Waals surface area contributed by atoms with E-state index in [0.29, 0.717) is 12.2 Å². The molecule has 4 nitrogen and oxygen atoms in total. The Kier molecular flexibility index (Phi) is 6.99. The fourth-order valence-electron chi connectivity index (χ4n) is 2.37. The SMILES string of the molecule is CCCCCOc1ccc(/C=C(\C#N)S(=O)(=O)c2ccc(C)cc2)cc1. The molecule has 0 heterocycles. The molecule has 0 spiro atoms. The van der Waals surface area contributed by atoms with Crippen LogP contribution in [0.25, 0.3) is 6.08 Å². The highest BCUT2D eigenvalue weighted by Crippen LogP contribution is 2.22. The molecule has 0 fully saturated rings. The minimum Gasteiger partial charge on any atom is -0.494 e. The summed E-state index contributed by atoms with van der Waals surface area (Å²) in [5, 5.41) is 9.34. The smallest absolute Gasteiger partial charge is 0.216 e. The molecule has 0 saturated carbocycles. The minimum atomic E-state index is -3.83. The number of allylic oxidation sites excluding steroid dienone is 1. The first kappa shape index (κ1) is 19.7. The van der Waals surface area contributed by atoms with Crippen LogP contribution in [0, 0.1) is 18.3 Å². The molecule has 0 saturated heterocycles. The molecule has 0 bridgehead atoms. The highest BCUT2D eigenvalue weighted by molar-refractivity contribution is 7.95. The number of rotatable bonds is 8. The number of ether oxygens (including phenoxy) is 1. The molecule has 2 rings (SSSR count). The molecule has 0 aliphatic heterocycles. The topological polar surface area (TPSA) is 67.2 Å². The number of unbranched alkanes of at least 4 members (excludes halogenated alkanes) is 2. The highest BCUT2D eigenvalue weighted by Gasteiger charge is 2.20. The van der Waals surface area contributed by atoms with Crippen LogP contribution in [0.5, 0.6) is 5.75 Å². The first-order valence-corrected chi connectivity index (χ1v) is 10.1. The second-order valence-electron chi connectivity index (χ2n) is 6.06. The zero-order valence-electron chi connectivity index (χ0n) is 15.1. The molecule has 136 valence electrons. The summed E-state index contributed by atoms with van der Waals surface area (Å²) in [7, 11) is -3.83. The van der Waals surface area contributed by atoms with Gasteiger partial charge in [0.05, 0.1) is 11.5 Å². The number of sulfone groups is 1. The minimum absolute atomic E-state index is 0.117. The van der Waals surface area contributed by atoms with Crippen molar-refractivity contribution in [1.82, 2.24) is 0 Å². The summed E-state index contributed by atoms with van der Waals surface area (Å²) < 4.78 is 30.9. The van der Waals surface area contributed by atoms with Gasteiger partial charge < -0.3 is 4.74 Å². The molecule has 2 aromatic rings. The van der Waals surface area contributed by atoms with E-state index in [1.165, 1.54) is 18.2 Å². The maximum Gasteiger partial charge on any atom is 0.216 e. The molecule has 0 N–H and O–H groups in total. The van der Waals surface area contributed by atoms with Gasteiger partial charge in [0, 0.05) is 0 Å². The molecular weight excluding hydrogens is 346 g/mol. The van der Waals surface area contributed by atoms with E-state index < -0.39 is 9.84 Å². The molecule has 0 radical (unpaired) electrons. The molecule has 0 aromatic heterocycles. The third-order valence-electron chi connectivity index (χ3n) is 3.93. The van der Waals surface area contributed by atoms with Crippen LogP contribution in [0.3, 0.4) is 0 Å². The summed E-state index contributed by atoms with van der Waals surface area (Å²) in [6.45, 7) is 4.68. The van der Waals surface area contributed by atoms with Crippen molar-refractivity contribution in [3.63, 3.8) is 0 Å². The number of benzene rings is 2. The van der Waals surface area contributed by atoms with E-state index >= 15 is 0 Å². The third kappa shape index (κ3) is 5.21. The Morgan fingerprint density at radius 2 is 1.73 bits per heavy atom. The van der Waals surface area contributed by atoms with Gasteiger partial charge in [-0.3, -0.25) is 0 Å². The lowest BCUT2D eigenvalue weighted by atomic mass is 10.2. The van der Waals surface area contributed by atoms with Crippen LogP contribution >= 0.6 is 0 Å². The third-order valence-corrected chi connectivity index (χ3v) is 5.61. The van der Waals surface area contributed by atoms with E-state index in [-0.39, 0.29) is 9.80 Å². The molecule has 26 heavy (non-hydrogen) atoms. The Bertz CT molecular complexity index is 890. The lowest BCUT2D eigenvalue weighted by molar-refractivity contribution is 0.306. The van der Waals surface area contributed by atoms with Gasteiger partial charge in [0.15, 0.2) is 0 Å². The first-order valence-electron chi connectivity index (χ1n) is 8.64. The molecular formula is C21H23NO3S. The lowest BCUT2D eigenvalue weighted by Gasteiger charge is -2.06. The largest absolute Gasteiger partial charge is 0.494 e. The van der Waals surface area contributed by atoms with E-state index in [1.807, 2.05) is 13.0 Å². The van der Waals surface area contributed by atoms with Gasteiger partial charge >= 0.3 is 0 Å². The fraction of sp³-hybridized carbons (Fsp3) is 0.286. The Balaban J connectivity index is 2.18. The van der Waals surface area contributed by atoms with Crippen molar-refractivity contribution in [2.45, 2.75) is 38.0 Å². The Morgan fingerprint density at radius 1 is 1.08 bits per heavy atom. The average Bonchev–Trinajstić information content (AvgIpc) is 2.64.